The van der Waals surface area contributed by atoms with Crippen LogP contribution in [0.3, 0.4) is 0 Å². The number of carboxylic acids is 2. The van der Waals surface area contributed by atoms with Gasteiger partial charge in [0.15, 0.2) is 11.2 Å². The van der Waals surface area contributed by atoms with Gasteiger partial charge in [-0.1, -0.05) is 0 Å². The van der Waals surface area contributed by atoms with Crippen LogP contribution >= 0.6 is 11.8 Å². The Bertz CT molecular complexity index is 1890. The van der Waals surface area contributed by atoms with Gasteiger partial charge in [-0.3, -0.25) is 38.7 Å². The van der Waals surface area contributed by atoms with Crippen LogP contribution in [-0.2, 0) is 35.3 Å². The molecule has 1 aliphatic heterocycles. The van der Waals surface area contributed by atoms with Gasteiger partial charge in [0.1, 0.15) is 12.1 Å². The van der Waals surface area contributed by atoms with E-state index in [0.717, 1.165) is 16.7 Å². The summed E-state index contributed by atoms with van der Waals surface area (Å²) < 4.78 is 0. The summed E-state index contributed by atoms with van der Waals surface area (Å²) in [4.78, 5) is 112. The maximum atomic E-state index is 12.8. The van der Waals surface area contributed by atoms with Crippen molar-refractivity contribution < 1.29 is 43.8 Å². The minimum Gasteiger partial charge on any atom is -0.480 e. The van der Waals surface area contributed by atoms with Crippen LogP contribution in [-0.4, -0.2) is 106 Å². The van der Waals surface area contributed by atoms with Crippen molar-refractivity contribution in [2.75, 3.05) is 23.3 Å². The number of nitrogen functional groups attached to an aromatic ring is 1. The molecule has 2 aromatic heterocycles. The maximum Gasteiger partial charge on any atom is 0.327 e. The van der Waals surface area contributed by atoms with Gasteiger partial charge in [-0.05, 0) is 30.7 Å². The molecule has 1 fully saturated rings. The third-order valence-corrected chi connectivity index (χ3v) is 8.55. The summed E-state index contributed by atoms with van der Waals surface area (Å²) in [6.07, 6.45) is 0.176. The molecule has 3 aromatic rings. The molecular weight excluding hydrogens is 680 g/mol. The molecule has 1 aromatic carbocycles. The topological polar surface area (TPSA) is 323 Å². The zero-order valence-corrected chi connectivity index (χ0v) is 26.9. The molecule has 20 nitrogen and oxygen atoms in total. The van der Waals surface area contributed by atoms with Crippen LogP contribution in [0, 0.1) is 0 Å². The number of aromatic amines is 1. The van der Waals surface area contributed by atoms with Gasteiger partial charge in [-0.25, -0.2) is 19.6 Å². The lowest BCUT2D eigenvalue weighted by molar-refractivity contribution is -0.142. The number of anilines is 2. The average molecular weight is 713 g/mol. The summed E-state index contributed by atoms with van der Waals surface area (Å²) in [6.45, 7) is -0.0195. The lowest BCUT2D eigenvalue weighted by atomic mass is 10.1. The Morgan fingerprint density at radius 1 is 1.00 bits per heavy atom. The van der Waals surface area contributed by atoms with E-state index in [1.54, 1.807) is 12.1 Å². The number of aromatic nitrogens is 4. The summed E-state index contributed by atoms with van der Waals surface area (Å²) in [5, 5.41) is 25.9. The predicted molar refractivity (Wildman–Crippen MR) is 175 cm³/mol. The van der Waals surface area contributed by atoms with Crippen molar-refractivity contribution in [3.63, 3.8) is 0 Å². The summed E-state index contributed by atoms with van der Waals surface area (Å²) in [5.74, 6) is -6.58. The van der Waals surface area contributed by atoms with E-state index in [2.05, 4.69) is 35.9 Å². The quantitative estimate of drug-likeness (QED) is 0.0714. The summed E-state index contributed by atoms with van der Waals surface area (Å²) in [7, 11) is 0. The van der Waals surface area contributed by atoms with Crippen LogP contribution < -0.4 is 33.0 Å². The Morgan fingerprint density at radius 2 is 1.70 bits per heavy atom. The number of nitrogens with zero attached hydrogens (tertiary/aromatic N) is 4. The zero-order valence-electron chi connectivity index (χ0n) is 26.1. The SMILES string of the molecule is NC(=O)CCN1C(=O)CC(SC[C@H](NC(=O)CC[C@H](NC(=O)c2ccc(NCc3cnc4nc(N)[nH]c(=O)c4n3)cc2)C(=O)O)C(=O)O)C1=O. The van der Waals surface area contributed by atoms with Crippen molar-refractivity contribution in [1.29, 1.82) is 0 Å². The Morgan fingerprint density at radius 3 is 2.36 bits per heavy atom. The average Bonchev–Trinajstić information content (AvgIpc) is 3.33. The number of thioether (sulfide) groups is 1. The minimum absolute atomic E-state index is 0.0136. The summed E-state index contributed by atoms with van der Waals surface area (Å²) >= 11 is 0.848. The molecule has 264 valence electrons. The van der Waals surface area contributed by atoms with Gasteiger partial charge in [0.25, 0.3) is 11.5 Å². The number of carboxylic acid groups (broad SMARTS) is 2. The molecule has 1 unspecified atom stereocenters. The second-order valence-corrected chi connectivity index (χ2v) is 12.1. The first-order valence-electron chi connectivity index (χ1n) is 14.9. The minimum atomic E-state index is -1.49. The molecule has 0 bridgehead atoms. The van der Waals surface area contributed by atoms with E-state index in [-0.39, 0.29) is 60.8 Å². The summed E-state index contributed by atoms with van der Waals surface area (Å²) in [6, 6.07) is 3.02. The monoisotopic (exact) mass is 712 g/mol. The molecule has 21 heteroatoms. The lowest BCUT2D eigenvalue weighted by Crippen LogP contribution is -2.45. The van der Waals surface area contributed by atoms with Crippen LogP contribution in [0.15, 0.2) is 35.3 Å². The Kier molecular flexibility index (Phi) is 12.0. The van der Waals surface area contributed by atoms with Crippen LogP contribution in [0.1, 0.15) is 41.7 Å². The van der Waals surface area contributed by atoms with Gasteiger partial charge in [0.05, 0.1) is 23.7 Å². The number of H-pyrrole nitrogens is 1. The third kappa shape index (κ3) is 9.71. The van der Waals surface area contributed by atoms with Crippen LogP contribution in [0.5, 0.6) is 0 Å². The van der Waals surface area contributed by atoms with Crippen molar-refractivity contribution in [2.45, 2.75) is 49.6 Å². The number of hydrogen-bond acceptors (Lipinski definition) is 14. The number of rotatable bonds is 17. The number of hydrogen-bond donors (Lipinski definition) is 8. The van der Waals surface area contributed by atoms with E-state index in [4.69, 9.17) is 11.5 Å². The molecule has 0 saturated carbocycles. The van der Waals surface area contributed by atoms with Crippen LogP contribution in [0.4, 0.5) is 11.6 Å². The number of carbonyl (C=O) groups is 7. The van der Waals surface area contributed by atoms with Crippen molar-refractivity contribution in [2.24, 2.45) is 5.73 Å². The van der Waals surface area contributed by atoms with Gasteiger partial charge in [0, 0.05) is 42.8 Å². The molecule has 4 rings (SSSR count). The zero-order chi connectivity index (χ0) is 36.5. The predicted octanol–water partition coefficient (Wildman–Crippen LogP) is -1.82. The Hall–Kier alpha value is -6.12. The number of benzene rings is 1. The third-order valence-electron chi connectivity index (χ3n) is 7.25. The fourth-order valence-electron chi connectivity index (χ4n) is 4.66. The number of fused-ring (bicyclic) bond motifs is 1. The fourth-order valence-corrected chi connectivity index (χ4v) is 5.84. The van der Waals surface area contributed by atoms with Crippen molar-refractivity contribution in [3.05, 3.63) is 52.1 Å². The van der Waals surface area contributed by atoms with E-state index in [0.29, 0.717) is 11.4 Å². The maximum absolute atomic E-state index is 12.8. The van der Waals surface area contributed by atoms with Gasteiger partial charge in [-0.15, -0.1) is 11.8 Å². The second-order valence-electron chi connectivity index (χ2n) is 10.9. The largest absolute Gasteiger partial charge is 0.480 e. The molecule has 0 radical (unpaired) electrons. The highest BCUT2D eigenvalue weighted by Gasteiger charge is 2.39. The number of primary amides is 1. The molecule has 10 N–H and O–H groups in total. The van der Waals surface area contributed by atoms with E-state index >= 15 is 0 Å². The molecule has 3 atom stereocenters. The van der Waals surface area contributed by atoms with Crippen molar-refractivity contribution in [1.82, 2.24) is 35.5 Å². The van der Waals surface area contributed by atoms with E-state index in [1.807, 2.05) is 0 Å². The highest BCUT2D eigenvalue weighted by Crippen LogP contribution is 2.26. The molecule has 50 heavy (non-hydrogen) atoms. The van der Waals surface area contributed by atoms with E-state index in [9.17, 15) is 48.6 Å². The normalized spacial score (nSPS) is 15.4. The highest BCUT2D eigenvalue weighted by molar-refractivity contribution is 8.00. The molecule has 5 amide bonds. The number of imide groups is 1. The number of aliphatic carboxylic acids is 2. The number of carbonyl (C=O) groups excluding carboxylic acids is 5. The molecule has 1 aliphatic rings. The number of nitrogens with one attached hydrogen (secondary N) is 4. The van der Waals surface area contributed by atoms with E-state index < -0.39 is 70.8 Å². The van der Waals surface area contributed by atoms with Gasteiger partial charge < -0.3 is 37.6 Å². The van der Waals surface area contributed by atoms with Crippen LogP contribution in [0.2, 0.25) is 0 Å². The van der Waals surface area contributed by atoms with Gasteiger partial charge in [0.2, 0.25) is 29.6 Å². The summed E-state index contributed by atoms with van der Waals surface area (Å²) in [5.41, 5.74) is 11.2. The Balaban J connectivity index is 1.25. The molecule has 1 saturated heterocycles. The van der Waals surface area contributed by atoms with Gasteiger partial charge in [-0.2, -0.15) is 4.98 Å². The van der Waals surface area contributed by atoms with E-state index in [1.165, 1.54) is 18.3 Å². The molecule has 0 spiro atoms. The first-order valence-corrected chi connectivity index (χ1v) is 15.9. The smallest absolute Gasteiger partial charge is 0.327 e. The second kappa shape index (κ2) is 16.3. The Labute approximate surface area is 285 Å². The fraction of sp³-hybridized carbons (Fsp3) is 0.345. The van der Waals surface area contributed by atoms with Gasteiger partial charge >= 0.3 is 11.9 Å². The first-order chi connectivity index (χ1) is 23.7. The number of likely N-dealkylation sites (tertiary alicyclic amines) is 1. The highest BCUT2D eigenvalue weighted by atomic mass is 32.2. The van der Waals surface area contributed by atoms with Crippen molar-refractivity contribution >= 4 is 76.0 Å². The lowest BCUT2D eigenvalue weighted by Gasteiger charge is -2.18. The first kappa shape index (κ1) is 36.7. The van der Waals surface area contributed by atoms with Crippen LogP contribution in [0.25, 0.3) is 11.2 Å². The number of amides is 5. The molecule has 0 aliphatic carbocycles. The molecule has 3 heterocycles. The molecular formula is C29H32N10O10S. The standard InChI is InChI=1S/C29H32N10O10S/c30-19(40)7-8-39-21(42)9-18(26(39)45)50-12-17(28(48)49)35-20(41)6-5-16(27(46)47)36-24(43)13-1-3-14(4-2-13)32-10-15-11-33-23-22(34-15)25(44)38-29(31)37-23/h1-4,11,16-18,32H,5-10,12H2,(H2,30,40)(H,35,41)(H,36,43)(H,46,47)(H,48,49)(H3,31,33,37,38,44)/t16-,17-,18?/m0/s1. The van der Waals surface area contributed by atoms with Crippen molar-refractivity contribution in [3.8, 4) is 0 Å². The number of nitrogens with two attached hydrogens (primary N) is 2.